The van der Waals surface area contributed by atoms with Gasteiger partial charge in [0, 0.05) is 27.9 Å². The second-order valence-corrected chi connectivity index (χ2v) is 11.3. The summed E-state index contributed by atoms with van der Waals surface area (Å²) in [5.41, 5.74) is 6.66. The van der Waals surface area contributed by atoms with E-state index < -0.39 is 0 Å². The summed E-state index contributed by atoms with van der Waals surface area (Å²) in [6, 6.07) is 17.0. The first-order valence-electron chi connectivity index (χ1n) is 13.0. The molecule has 0 spiro atoms. The third-order valence-corrected chi connectivity index (χ3v) is 8.32. The van der Waals surface area contributed by atoms with Crippen LogP contribution in [0.15, 0.2) is 59.2 Å². The van der Waals surface area contributed by atoms with E-state index in [4.69, 9.17) is 21.3 Å². The minimum absolute atomic E-state index is 0.756. The van der Waals surface area contributed by atoms with Crippen molar-refractivity contribution >= 4 is 44.4 Å². The molecular formula is C28H32BrClN6O+2. The van der Waals surface area contributed by atoms with Crippen molar-refractivity contribution in [2.45, 2.75) is 13.1 Å². The maximum absolute atomic E-state index is 6.05. The molecule has 9 heteroatoms. The average Bonchev–Trinajstić information content (AvgIpc) is 3.36. The van der Waals surface area contributed by atoms with Crippen molar-refractivity contribution in [3.8, 4) is 11.4 Å². The molecule has 0 aliphatic carbocycles. The Hall–Kier alpha value is -2.49. The Morgan fingerprint density at radius 2 is 1.51 bits per heavy atom. The molecule has 2 aromatic heterocycles. The predicted molar refractivity (Wildman–Crippen MR) is 150 cm³/mol. The molecule has 0 amide bonds. The fraction of sp³-hybridized carbons (Fsp3) is 0.357. The molecule has 0 unspecified atom stereocenters. The van der Waals surface area contributed by atoms with E-state index in [2.05, 4.69) is 67.2 Å². The fourth-order valence-corrected chi connectivity index (χ4v) is 6.06. The number of piperazine rings is 1. The summed E-state index contributed by atoms with van der Waals surface area (Å²) in [6.45, 7) is 10.0. The number of ether oxygens (including phenoxy) is 1. The minimum Gasteiger partial charge on any atom is -0.370 e. The lowest BCUT2D eigenvalue weighted by atomic mass is 10.1. The van der Waals surface area contributed by atoms with Gasteiger partial charge in [-0.2, -0.15) is 0 Å². The summed E-state index contributed by atoms with van der Waals surface area (Å²) in [5, 5.41) is 0.791. The van der Waals surface area contributed by atoms with E-state index in [9.17, 15) is 0 Å². The number of fused-ring (bicyclic) bond motifs is 1. The number of pyridine rings is 1. The number of quaternary nitrogens is 2. The maximum Gasteiger partial charge on any atom is 0.180 e. The largest absolute Gasteiger partial charge is 0.370 e. The number of hydrogen-bond donors (Lipinski definition) is 3. The van der Waals surface area contributed by atoms with Crippen LogP contribution >= 0.6 is 27.5 Å². The van der Waals surface area contributed by atoms with E-state index in [-0.39, 0.29) is 0 Å². The average molecular weight is 584 g/mol. The van der Waals surface area contributed by atoms with Crippen molar-refractivity contribution in [2.75, 3.05) is 57.4 Å². The molecule has 2 fully saturated rings. The predicted octanol–water partition coefficient (Wildman–Crippen LogP) is 2.36. The molecule has 4 aromatic rings. The van der Waals surface area contributed by atoms with Crippen molar-refractivity contribution in [1.29, 1.82) is 0 Å². The van der Waals surface area contributed by atoms with Gasteiger partial charge < -0.3 is 24.4 Å². The zero-order valence-electron chi connectivity index (χ0n) is 20.8. The smallest absolute Gasteiger partial charge is 0.180 e. The number of morpholine rings is 1. The van der Waals surface area contributed by atoms with Gasteiger partial charge in [-0.1, -0.05) is 48.0 Å². The number of anilines is 1. The first-order valence-corrected chi connectivity index (χ1v) is 14.2. The zero-order chi connectivity index (χ0) is 25.2. The summed E-state index contributed by atoms with van der Waals surface area (Å²) in [6.07, 6.45) is 1.88. The molecular weight excluding hydrogens is 552 g/mol. The van der Waals surface area contributed by atoms with E-state index in [1.165, 1.54) is 11.1 Å². The molecule has 0 atom stereocenters. The van der Waals surface area contributed by atoms with Gasteiger partial charge in [-0.25, -0.2) is 9.97 Å². The topological polar surface area (TPSA) is 62.9 Å². The molecule has 2 aromatic carbocycles. The summed E-state index contributed by atoms with van der Waals surface area (Å²) in [4.78, 5) is 18.7. The third kappa shape index (κ3) is 5.68. The summed E-state index contributed by atoms with van der Waals surface area (Å²) < 4.78 is 6.49. The molecule has 2 aliphatic heterocycles. The Balaban J connectivity index is 1.16. The minimum atomic E-state index is 0.756. The van der Waals surface area contributed by atoms with Crippen LogP contribution in [0.4, 0.5) is 5.69 Å². The highest BCUT2D eigenvalue weighted by Gasteiger charge is 2.25. The normalized spacial score (nSPS) is 17.5. The molecule has 7 nitrogen and oxygen atoms in total. The number of rotatable bonds is 6. The van der Waals surface area contributed by atoms with E-state index >= 15 is 0 Å². The molecule has 0 saturated carbocycles. The van der Waals surface area contributed by atoms with Crippen LogP contribution in [0, 0.1) is 0 Å². The van der Waals surface area contributed by atoms with Crippen molar-refractivity contribution in [2.24, 2.45) is 0 Å². The molecule has 2 aliphatic rings. The Kier molecular flexibility index (Phi) is 7.44. The number of benzene rings is 2. The van der Waals surface area contributed by atoms with Crippen molar-refractivity contribution in [3.63, 3.8) is 0 Å². The molecule has 2 saturated heterocycles. The Labute approximate surface area is 230 Å². The number of hydrogen-bond acceptors (Lipinski definition) is 4. The van der Waals surface area contributed by atoms with Crippen LogP contribution in [0.25, 0.3) is 22.6 Å². The van der Waals surface area contributed by atoms with Gasteiger partial charge in [-0.3, -0.25) is 0 Å². The van der Waals surface area contributed by atoms with Gasteiger partial charge >= 0.3 is 0 Å². The van der Waals surface area contributed by atoms with E-state index in [0.29, 0.717) is 0 Å². The quantitative estimate of drug-likeness (QED) is 0.326. The van der Waals surface area contributed by atoms with Gasteiger partial charge in [-0.15, -0.1) is 0 Å². The highest BCUT2D eigenvalue weighted by Crippen LogP contribution is 2.33. The van der Waals surface area contributed by atoms with E-state index in [1.807, 2.05) is 18.3 Å². The van der Waals surface area contributed by atoms with Gasteiger partial charge in [0.1, 0.15) is 37.5 Å². The summed E-state index contributed by atoms with van der Waals surface area (Å²) in [7, 11) is 0. The van der Waals surface area contributed by atoms with Crippen LogP contribution in [-0.4, -0.2) is 67.4 Å². The first-order chi connectivity index (χ1) is 18.1. The van der Waals surface area contributed by atoms with Crippen molar-refractivity contribution in [3.05, 3.63) is 75.4 Å². The lowest BCUT2D eigenvalue weighted by molar-refractivity contribution is -0.921. The number of aromatic amines is 1. The number of imidazole rings is 1. The van der Waals surface area contributed by atoms with Crippen LogP contribution in [0.1, 0.15) is 11.1 Å². The third-order valence-electron chi connectivity index (χ3n) is 7.48. The molecule has 6 rings (SSSR count). The fourth-order valence-electron chi connectivity index (χ4n) is 5.39. The Morgan fingerprint density at radius 1 is 0.892 bits per heavy atom. The zero-order valence-corrected chi connectivity index (χ0v) is 23.1. The molecule has 4 heterocycles. The SMILES string of the molecule is Clc1ccc(C[NH+]2CCN(c3c(Br)cnc4nc(-c5ccc(C[NH+]6CCOCC6)cc5)[nH]c34)CC2)cc1. The van der Waals surface area contributed by atoms with Crippen LogP contribution < -0.4 is 14.7 Å². The van der Waals surface area contributed by atoms with Crippen molar-refractivity contribution < 1.29 is 14.5 Å². The highest BCUT2D eigenvalue weighted by molar-refractivity contribution is 9.10. The second kappa shape index (κ2) is 11.1. The molecule has 0 bridgehead atoms. The summed E-state index contributed by atoms with van der Waals surface area (Å²) in [5.74, 6) is 0.860. The number of halogens is 2. The number of H-pyrrole nitrogens is 1. The number of nitrogens with one attached hydrogen (secondary N) is 3. The van der Waals surface area contributed by atoms with Gasteiger partial charge in [-0.05, 0) is 28.1 Å². The Morgan fingerprint density at radius 3 is 2.19 bits per heavy atom. The highest BCUT2D eigenvalue weighted by atomic mass is 79.9. The van der Waals surface area contributed by atoms with Crippen LogP contribution in [0.5, 0.6) is 0 Å². The molecule has 192 valence electrons. The standard InChI is InChI=1S/C28H30BrClN6O/c29-24-17-31-28-25(26(24)36-11-9-34(10-12-36)18-21-3-7-23(30)8-4-21)32-27(33-28)22-5-1-20(2-6-22)19-35-13-15-37-16-14-35/h1-8,17H,9-16,18-19H2,(H,31,32,33)/p+2. The first kappa shape index (κ1) is 24.8. The van der Waals surface area contributed by atoms with Crippen LogP contribution in [0.3, 0.4) is 0 Å². The second-order valence-electron chi connectivity index (χ2n) is 10.0. The number of aromatic nitrogens is 3. The van der Waals surface area contributed by atoms with Crippen LogP contribution in [-0.2, 0) is 17.8 Å². The lowest BCUT2D eigenvalue weighted by Gasteiger charge is -2.34. The van der Waals surface area contributed by atoms with Gasteiger partial charge in [0.05, 0.1) is 49.6 Å². The molecule has 0 radical (unpaired) electrons. The number of nitrogens with zero attached hydrogens (tertiary/aromatic N) is 3. The lowest BCUT2D eigenvalue weighted by Crippen LogP contribution is -3.13. The van der Waals surface area contributed by atoms with Crippen LogP contribution in [0.2, 0.25) is 5.02 Å². The monoisotopic (exact) mass is 582 g/mol. The van der Waals surface area contributed by atoms with E-state index in [1.54, 1.807) is 9.80 Å². The summed E-state index contributed by atoms with van der Waals surface area (Å²) >= 11 is 9.82. The molecule has 3 N–H and O–H groups in total. The molecule has 37 heavy (non-hydrogen) atoms. The maximum atomic E-state index is 6.05. The van der Waals surface area contributed by atoms with Gasteiger partial charge in [0.2, 0.25) is 0 Å². The van der Waals surface area contributed by atoms with E-state index in [0.717, 1.165) is 103 Å². The Bertz CT molecular complexity index is 1350. The van der Waals surface area contributed by atoms with Gasteiger partial charge in [0.25, 0.3) is 0 Å². The van der Waals surface area contributed by atoms with Gasteiger partial charge in [0.15, 0.2) is 5.65 Å². The van der Waals surface area contributed by atoms with Crippen molar-refractivity contribution in [1.82, 2.24) is 15.0 Å².